The summed E-state index contributed by atoms with van der Waals surface area (Å²) < 4.78 is 18.6. The molecule has 0 radical (unpaired) electrons. The van der Waals surface area contributed by atoms with Gasteiger partial charge in [-0.05, 0) is 18.2 Å². The van der Waals surface area contributed by atoms with Gasteiger partial charge in [0, 0.05) is 12.1 Å². The molecular formula is C13H11FN2O3. The van der Waals surface area contributed by atoms with Crippen molar-refractivity contribution >= 4 is 17.1 Å². The molecule has 0 fully saturated rings. The average Bonchev–Trinajstić information content (AvgIpc) is 2.41. The van der Waals surface area contributed by atoms with Crippen LogP contribution < -0.4 is 10.1 Å². The molecular weight excluding hydrogens is 251 g/mol. The number of hydrogen-bond acceptors (Lipinski definition) is 4. The highest BCUT2D eigenvalue weighted by Crippen LogP contribution is 2.29. The van der Waals surface area contributed by atoms with Gasteiger partial charge in [0.2, 0.25) is 0 Å². The van der Waals surface area contributed by atoms with E-state index in [9.17, 15) is 14.5 Å². The smallest absolute Gasteiger partial charge is 0.292 e. The van der Waals surface area contributed by atoms with Gasteiger partial charge in [-0.2, -0.15) is 0 Å². The zero-order chi connectivity index (χ0) is 13.8. The van der Waals surface area contributed by atoms with E-state index in [1.165, 1.54) is 31.4 Å². The van der Waals surface area contributed by atoms with Crippen molar-refractivity contribution in [2.24, 2.45) is 0 Å². The topological polar surface area (TPSA) is 64.4 Å². The van der Waals surface area contributed by atoms with Crippen LogP contribution in [0.5, 0.6) is 5.75 Å². The van der Waals surface area contributed by atoms with Gasteiger partial charge in [-0.15, -0.1) is 0 Å². The van der Waals surface area contributed by atoms with Crippen LogP contribution in [0.3, 0.4) is 0 Å². The molecule has 0 bridgehead atoms. The number of benzene rings is 2. The van der Waals surface area contributed by atoms with Crippen LogP contribution in [-0.2, 0) is 0 Å². The molecule has 0 saturated carbocycles. The van der Waals surface area contributed by atoms with E-state index in [0.717, 1.165) is 0 Å². The molecule has 2 rings (SSSR count). The molecule has 0 aromatic heterocycles. The largest absolute Gasteiger partial charge is 0.497 e. The minimum absolute atomic E-state index is 0.113. The molecule has 0 atom stereocenters. The summed E-state index contributed by atoms with van der Waals surface area (Å²) in [6, 6.07) is 10.3. The van der Waals surface area contributed by atoms with Gasteiger partial charge in [0.05, 0.1) is 17.7 Å². The predicted octanol–water partition coefficient (Wildman–Crippen LogP) is 3.49. The minimum atomic E-state index is -0.544. The summed E-state index contributed by atoms with van der Waals surface area (Å²) in [4.78, 5) is 10.3. The van der Waals surface area contributed by atoms with E-state index in [0.29, 0.717) is 5.75 Å². The van der Waals surface area contributed by atoms with Crippen molar-refractivity contribution in [3.8, 4) is 5.75 Å². The fourth-order valence-electron chi connectivity index (χ4n) is 1.61. The molecule has 0 spiro atoms. The van der Waals surface area contributed by atoms with Crippen molar-refractivity contribution < 1.29 is 14.1 Å². The first kappa shape index (κ1) is 12.8. The SMILES string of the molecule is COc1ccc(Nc2ccccc2[N+](=O)[O-])c(F)c1. The van der Waals surface area contributed by atoms with Crippen molar-refractivity contribution in [3.63, 3.8) is 0 Å². The zero-order valence-corrected chi connectivity index (χ0v) is 10.1. The van der Waals surface area contributed by atoms with Crippen LogP contribution in [0.1, 0.15) is 0 Å². The summed E-state index contributed by atoms with van der Waals surface area (Å²) in [7, 11) is 1.43. The predicted molar refractivity (Wildman–Crippen MR) is 69.3 cm³/mol. The number of hydrogen-bond donors (Lipinski definition) is 1. The summed E-state index contributed by atoms with van der Waals surface area (Å²) in [5.74, 6) is -0.164. The fraction of sp³-hybridized carbons (Fsp3) is 0.0769. The Labute approximate surface area is 108 Å². The highest BCUT2D eigenvalue weighted by Gasteiger charge is 2.14. The van der Waals surface area contributed by atoms with E-state index < -0.39 is 10.7 Å². The maximum Gasteiger partial charge on any atom is 0.292 e. The van der Waals surface area contributed by atoms with Gasteiger partial charge in [-0.3, -0.25) is 10.1 Å². The molecule has 0 unspecified atom stereocenters. The fourth-order valence-corrected chi connectivity index (χ4v) is 1.61. The summed E-state index contributed by atoms with van der Waals surface area (Å²) in [5.41, 5.74) is 0.268. The molecule has 0 aliphatic heterocycles. The molecule has 0 amide bonds. The Hall–Kier alpha value is -2.63. The number of ether oxygens (including phenoxy) is 1. The van der Waals surface area contributed by atoms with Gasteiger partial charge in [0.25, 0.3) is 5.69 Å². The molecule has 0 heterocycles. The molecule has 0 saturated heterocycles. The van der Waals surface area contributed by atoms with Gasteiger partial charge < -0.3 is 10.1 Å². The Morgan fingerprint density at radius 3 is 2.58 bits per heavy atom. The van der Waals surface area contributed by atoms with Gasteiger partial charge in [-0.25, -0.2) is 4.39 Å². The lowest BCUT2D eigenvalue weighted by Crippen LogP contribution is -1.98. The monoisotopic (exact) mass is 262 g/mol. The number of nitrogens with one attached hydrogen (secondary N) is 1. The summed E-state index contributed by atoms with van der Waals surface area (Å²) in [6.07, 6.45) is 0. The first-order valence-corrected chi connectivity index (χ1v) is 5.46. The Kier molecular flexibility index (Phi) is 3.61. The zero-order valence-electron chi connectivity index (χ0n) is 10.1. The number of rotatable bonds is 4. The van der Waals surface area contributed by atoms with Crippen LogP contribution in [-0.4, -0.2) is 12.0 Å². The second-order valence-corrected chi connectivity index (χ2v) is 3.75. The quantitative estimate of drug-likeness (QED) is 0.676. The molecule has 19 heavy (non-hydrogen) atoms. The molecule has 6 heteroatoms. The molecule has 0 aliphatic rings. The van der Waals surface area contributed by atoms with E-state index in [1.807, 2.05) is 0 Å². The van der Waals surface area contributed by atoms with Crippen molar-refractivity contribution in [1.29, 1.82) is 0 Å². The molecule has 2 aromatic carbocycles. The number of methoxy groups -OCH3 is 1. The lowest BCUT2D eigenvalue weighted by Gasteiger charge is -2.09. The second-order valence-electron chi connectivity index (χ2n) is 3.75. The first-order chi connectivity index (χ1) is 9.11. The van der Waals surface area contributed by atoms with Gasteiger partial charge in [-0.1, -0.05) is 12.1 Å². The van der Waals surface area contributed by atoms with Gasteiger partial charge >= 0.3 is 0 Å². The first-order valence-electron chi connectivity index (χ1n) is 5.46. The van der Waals surface area contributed by atoms with E-state index in [1.54, 1.807) is 18.2 Å². The Morgan fingerprint density at radius 2 is 1.95 bits per heavy atom. The van der Waals surface area contributed by atoms with E-state index in [2.05, 4.69) is 5.32 Å². The Balaban J connectivity index is 2.34. The maximum atomic E-state index is 13.7. The van der Waals surface area contributed by atoms with Crippen molar-refractivity contribution in [3.05, 3.63) is 58.4 Å². The lowest BCUT2D eigenvalue weighted by atomic mass is 10.2. The van der Waals surface area contributed by atoms with Crippen molar-refractivity contribution in [2.45, 2.75) is 0 Å². The van der Waals surface area contributed by atoms with Gasteiger partial charge in [0.15, 0.2) is 0 Å². The maximum absolute atomic E-state index is 13.7. The lowest BCUT2D eigenvalue weighted by molar-refractivity contribution is -0.383. The van der Waals surface area contributed by atoms with Crippen LogP contribution in [0.15, 0.2) is 42.5 Å². The average molecular weight is 262 g/mol. The minimum Gasteiger partial charge on any atom is -0.497 e. The number of nitrogens with zero attached hydrogens (tertiary/aromatic N) is 1. The van der Waals surface area contributed by atoms with Crippen LogP contribution >= 0.6 is 0 Å². The van der Waals surface area contributed by atoms with E-state index in [-0.39, 0.29) is 17.1 Å². The normalized spacial score (nSPS) is 10.0. The summed E-state index contributed by atoms with van der Waals surface area (Å²) in [6.45, 7) is 0. The Bertz CT molecular complexity index is 617. The molecule has 5 nitrogen and oxygen atoms in total. The van der Waals surface area contributed by atoms with E-state index in [4.69, 9.17) is 4.74 Å². The summed E-state index contributed by atoms with van der Waals surface area (Å²) in [5, 5.41) is 13.6. The number of anilines is 2. The standard InChI is InChI=1S/C13H11FN2O3/c1-19-9-6-7-11(10(14)8-9)15-12-4-2-3-5-13(12)16(17)18/h2-8,15H,1H3. The highest BCUT2D eigenvalue weighted by molar-refractivity contribution is 5.69. The number of halogens is 1. The van der Waals surface area contributed by atoms with Crippen LogP contribution in [0.2, 0.25) is 0 Å². The molecule has 1 N–H and O–H groups in total. The van der Waals surface area contributed by atoms with Crippen LogP contribution in [0, 0.1) is 15.9 Å². The highest BCUT2D eigenvalue weighted by atomic mass is 19.1. The second kappa shape index (κ2) is 5.34. The molecule has 2 aromatic rings. The number of nitro benzene ring substituents is 1. The molecule has 0 aliphatic carbocycles. The Morgan fingerprint density at radius 1 is 1.21 bits per heavy atom. The van der Waals surface area contributed by atoms with Crippen LogP contribution in [0.4, 0.5) is 21.5 Å². The third-order valence-electron chi connectivity index (χ3n) is 2.55. The van der Waals surface area contributed by atoms with Crippen molar-refractivity contribution in [1.82, 2.24) is 0 Å². The number of para-hydroxylation sites is 2. The number of nitro groups is 1. The van der Waals surface area contributed by atoms with Gasteiger partial charge in [0.1, 0.15) is 17.3 Å². The van der Waals surface area contributed by atoms with Crippen LogP contribution in [0.25, 0.3) is 0 Å². The third-order valence-corrected chi connectivity index (χ3v) is 2.55. The molecule has 98 valence electrons. The van der Waals surface area contributed by atoms with Crippen molar-refractivity contribution in [2.75, 3.05) is 12.4 Å². The summed E-state index contributed by atoms with van der Waals surface area (Å²) >= 11 is 0. The van der Waals surface area contributed by atoms with E-state index >= 15 is 0 Å². The third kappa shape index (κ3) is 2.79.